The van der Waals surface area contributed by atoms with Gasteiger partial charge in [0.2, 0.25) is 0 Å². The van der Waals surface area contributed by atoms with Crippen LogP contribution in [0.15, 0.2) is 24.3 Å². The molecule has 0 unspecified atom stereocenters. The van der Waals surface area contributed by atoms with Crippen LogP contribution < -0.4 is 0 Å². The van der Waals surface area contributed by atoms with Crippen LogP contribution >= 0.6 is 0 Å². The summed E-state index contributed by atoms with van der Waals surface area (Å²) in [6.07, 6.45) is 12.9. The maximum absolute atomic E-state index is 13.1. The third-order valence-corrected chi connectivity index (χ3v) is 10.5. The minimum atomic E-state index is -0.297. The van der Waals surface area contributed by atoms with Crippen molar-refractivity contribution < 1.29 is 4.39 Å². The van der Waals surface area contributed by atoms with E-state index in [1.165, 1.54) is 50.5 Å². The molecule has 0 bridgehead atoms. The third-order valence-electron chi connectivity index (χ3n) is 6.83. The average Bonchev–Trinajstić information content (AvgIpc) is 2.63. The Balaban J connectivity index is 1.35. The van der Waals surface area contributed by atoms with Gasteiger partial charge in [-0.15, -0.1) is 0 Å². The van der Waals surface area contributed by atoms with E-state index in [4.69, 9.17) is 0 Å². The lowest BCUT2D eigenvalue weighted by molar-refractivity contribution is 0.280. The average molecular weight is 347 g/mol. The lowest BCUT2D eigenvalue weighted by Gasteiger charge is -2.31. The van der Waals surface area contributed by atoms with E-state index in [2.05, 4.69) is 6.92 Å². The molecule has 2 heteroatoms. The Morgan fingerprint density at radius 1 is 0.875 bits per heavy atom. The van der Waals surface area contributed by atoms with Crippen LogP contribution in [0.1, 0.15) is 76.2 Å². The summed E-state index contributed by atoms with van der Waals surface area (Å²) in [5, 5.41) is 0. The van der Waals surface area contributed by atoms with Gasteiger partial charge in [0.25, 0.3) is 0 Å². The molecule has 0 amide bonds. The molecule has 0 atom stereocenters. The predicted octanol–water partition coefficient (Wildman–Crippen LogP) is 6.93. The minimum Gasteiger partial charge on any atom is -0.207 e. The molecule has 0 spiro atoms. The van der Waals surface area contributed by atoms with E-state index in [0.717, 1.165) is 11.8 Å². The topological polar surface area (TPSA) is 0 Å². The monoisotopic (exact) mass is 346 g/mol. The molecule has 1 heterocycles. The molecule has 1 aliphatic carbocycles. The van der Waals surface area contributed by atoms with Crippen LogP contribution in [0.5, 0.6) is 0 Å². The lowest BCUT2D eigenvalue weighted by Crippen LogP contribution is -2.22. The smallest absolute Gasteiger partial charge is 0.123 e. The molecule has 0 radical (unpaired) electrons. The first-order valence-electron chi connectivity index (χ1n) is 10.5. The van der Waals surface area contributed by atoms with Crippen molar-refractivity contribution in [3.8, 4) is 0 Å². The second-order valence-electron chi connectivity index (χ2n) is 8.52. The van der Waals surface area contributed by atoms with Gasteiger partial charge in [0, 0.05) is 8.80 Å². The quantitative estimate of drug-likeness (QED) is 0.490. The van der Waals surface area contributed by atoms with Gasteiger partial charge in [0.05, 0.1) is 0 Å². The number of hydrogen-bond donors (Lipinski definition) is 0. The van der Waals surface area contributed by atoms with E-state index in [-0.39, 0.29) is 14.6 Å². The van der Waals surface area contributed by atoms with Crippen molar-refractivity contribution in [3.63, 3.8) is 0 Å². The minimum absolute atomic E-state index is 0.107. The van der Waals surface area contributed by atoms with Crippen LogP contribution in [0.4, 0.5) is 4.39 Å². The Hall–Kier alpha value is -0.633. The van der Waals surface area contributed by atoms with Gasteiger partial charge < -0.3 is 0 Å². The number of benzene rings is 1. The fraction of sp³-hybridized carbons (Fsp3) is 0.727. The van der Waals surface area contributed by atoms with E-state index < -0.39 is 0 Å². The summed E-state index contributed by atoms with van der Waals surface area (Å²) in [4.78, 5) is 0. The first-order valence-corrected chi connectivity index (χ1v) is 12.9. The van der Waals surface area contributed by atoms with E-state index in [0.29, 0.717) is 5.92 Å². The second kappa shape index (κ2) is 9.17. The maximum atomic E-state index is 13.1. The highest BCUT2D eigenvalue weighted by Crippen LogP contribution is 2.39. The third kappa shape index (κ3) is 5.18. The van der Waals surface area contributed by atoms with Gasteiger partial charge in [-0.05, 0) is 61.1 Å². The van der Waals surface area contributed by atoms with Crippen LogP contribution in [0, 0.1) is 17.7 Å². The molecule has 24 heavy (non-hydrogen) atoms. The molecular weight excluding hydrogens is 311 g/mol. The number of rotatable bonds is 6. The Labute approximate surface area is 149 Å². The summed E-state index contributed by atoms with van der Waals surface area (Å²) in [7, 11) is -0.297. The van der Waals surface area contributed by atoms with Crippen LogP contribution in [-0.2, 0) is 0 Å². The summed E-state index contributed by atoms with van der Waals surface area (Å²) in [5.41, 5.74) is 1.36. The van der Waals surface area contributed by atoms with Gasteiger partial charge in [-0.25, -0.2) is 4.39 Å². The van der Waals surface area contributed by atoms with Crippen molar-refractivity contribution in [2.24, 2.45) is 11.8 Å². The second-order valence-corrected chi connectivity index (χ2v) is 12.0. The van der Waals surface area contributed by atoms with Crippen LogP contribution in [-0.4, -0.2) is 8.80 Å². The highest BCUT2D eigenvalue weighted by Gasteiger charge is 2.25. The molecule has 2 aliphatic rings. The van der Waals surface area contributed by atoms with Gasteiger partial charge in [0.1, 0.15) is 5.82 Å². The van der Waals surface area contributed by atoms with Crippen LogP contribution in [0.3, 0.4) is 0 Å². The van der Waals surface area contributed by atoms with Gasteiger partial charge in [-0.3, -0.25) is 0 Å². The molecule has 1 aromatic rings. The summed E-state index contributed by atoms with van der Waals surface area (Å²) in [6, 6.07) is 12.1. The Kier molecular flexibility index (Phi) is 6.94. The first kappa shape index (κ1) is 18.2. The Morgan fingerprint density at radius 2 is 1.46 bits per heavy atom. The molecule has 1 aromatic carbocycles. The summed E-state index contributed by atoms with van der Waals surface area (Å²) in [6.45, 7) is 2.36. The summed E-state index contributed by atoms with van der Waals surface area (Å²) in [5.74, 6) is 2.59. The SMILES string of the molecule is CCC[SiH]1CCC(CCC2CCC(c3ccc(F)cc3)CC2)CC1. The van der Waals surface area contributed by atoms with E-state index in [9.17, 15) is 4.39 Å². The van der Waals surface area contributed by atoms with Gasteiger partial charge in [0.15, 0.2) is 0 Å². The molecule has 0 aromatic heterocycles. The summed E-state index contributed by atoms with van der Waals surface area (Å²) >= 11 is 0. The van der Waals surface area contributed by atoms with Crippen molar-refractivity contribution in [2.45, 2.75) is 88.8 Å². The highest BCUT2D eigenvalue weighted by atomic mass is 28.3. The first-order chi connectivity index (χ1) is 11.7. The fourth-order valence-electron chi connectivity index (χ4n) is 5.21. The zero-order valence-electron chi connectivity index (χ0n) is 15.5. The summed E-state index contributed by atoms with van der Waals surface area (Å²) < 4.78 is 13.1. The maximum Gasteiger partial charge on any atom is 0.123 e. The van der Waals surface area contributed by atoms with E-state index >= 15 is 0 Å². The molecule has 0 nitrogen and oxygen atoms in total. The fourth-order valence-corrected chi connectivity index (χ4v) is 8.78. The Bertz CT molecular complexity index is 467. The van der Waals surface area contributed by atoms with Crippen LogP contribution in [0.25, 0.3) is 0 Å². The predicted molar refractivity (Wildman–Crippen MR) is 105 cm³/mol. The largest absolute Gasteiger partial charge is 0.207 e. The van der Waals surface area contributed by atoms with Gasteiger partial charge in [-0.2, -0.15) is 0 Å². The van der Waals surface area contributed by atoms with Gasteiger partial charge in [-0.1, -0.05) is 69.3 Å². The van der Waals surface area contributed by atoms with Crippen molar-refractivity contribution in [1.82, 2.24) is 0 Å². The molecule has 1 saturated heterocycles. The molecule has 3 rings (SSSR count). The molecule has 2 fully saturated rings. The molecule has 1 aliphatic heterocycles. The van der Waals surface area contributed by atoms with Gasteiger partial charge >= 0.3 is 0 Å². The van der Waals surface area contributed by atoms with E-state index in [1.807, 2.05) is 12.1 Å². The molecule has 134 valence electrons. The zero-order chi connectivity index (χ0) is 16.8. The van der Waals surface area contributed by atoms with Crippen molar-refractivity contribution in [3.05, 3.63) is 35.6 Å². The van der Waals surface area contributed by atoms with Crippen molar-refractivity contribution in [2.75, 3.05) is 0 Å². The Morgan fingerprint density at radius 3 is 2.04 bits per heavy atom. The lowest BCUT2D eigenvalue weighted by atomic mass is 9.76. The number of hydrogen-bond acceptors (Lipinski definition) is 0. The van der Waals surface area contributed by atoms with E-state index in [1.54, 1.807) is 43.1 Å². The molecule has 1 saturated carbocycles. The van der Waals surface area contributed by atoms with Crippen molar-refractivity contribution in [1.29, 1.82) is 0 Å². The zero-order valence-corrected chi connectivity index (χ0v) is 16.6. The highest BCUT2D eigenvalue weighted by molar-refractivity contribution is 6.58. The number of halogens is 1. The molecular formula is C22H35FSi. The van der Waals surface area contributed by atoms with Crippen LogP contribution in [0.2, 0.25) is 18.1 Å². The molecule has 0 N–H and O–H groups in total. The standard InChI is InChI=1S/C22H35FSi/c1-2-15-24-16-13-19(14-17-24)4-3-18-5-7-20(8-6-18)21-9-11-22(23)12-10-21/h9-12,18-20,24H,2-8,13-17H2,1H3. The normalized spacial score (nSPS) is 31.1. The van der Waals surface area contributed by atoms with Crippen molar-refractivity contribution >= 4 is 8.80 Å².